The predicted molar refractivity (Wildman–Crippen MR) is 88.4 cm³/mol. The minimum absolute atomic E-state index is 1.07. The van der Waals surface area contributed by atoms with Gasteiger partial charge in [0.2, 0.25) is 0 Å². The number of allylic oxidation sites excluding steroid dienone is 2. The zero-order chi connectivity index (χ0) is 12.7. The van der Waals surface area contributed by atoms with Crippen LogP contribution in [0.1, 0.15) is 5.01 Å². The molecule has 0 amide bonds. The van der Waals surface area contributed by atoms with Crippen LogP contribution in [0.3, 0.4) is 0 Å². The molecule has 0 radical (unpaired) electrons. The molecule has 0 bridgehead atoms. The van der Waals surface area contributed by atoms with Crippen molar-refractivity contribution in [2.75, 3.05) is 5.32 Å². The van der Waals surface area contributed by atoms with Crippen molar-refractivity contribution in [2.24, 2.45) is 0 Å². The largest absolute Gasteiger partial charge is 0.348 e. The molecule has 0 saturated carbocycles. The summed E-state index contributed by atoms with van der Waals surface area (Å²) in [6, 6.07) is 4.19. The highest BCUT2D eigenvalue weighted by Gasteiger charge is 2.15. The summed E-state index contributed by atoms with van der Waals surface area (Å²) in [5.74, 6) is 0. The van der Waals surface area contributed by atoms with Gasteiger partial charge in [0.05, 0.1) is 20.4 Å². The Hall–Kier alpha value is -1.08. The van der Waals surface area contributed by atoms with Gasteiger partial charge in [0.1, 0.15) is 9.02 Å². The summed E-state index contributed by atoms with van der Waals surface area (Å²) in [6.45, 7) is 0. The molecule has 19 heavy (non-hydrogen) atoms. The van der Waals surface area contributed by atoms with E-state index in [2.05, 4.69) is 51.4 Å². The van der Waals surface area contributed by atoms with Gasteiger partial charge < -0.3 is 5.32 Å². The average molecular weight is 320 g/mol. The fraction of sp³-hybridized carbons (Fsp3) is 0. The highest BCUT2D eigenvalue weighted by atomic mass is 32.2. The van der Waals surface area contributed by atoms with E-state index in [1.54, 1.807) is 45.8 Å². The average Bonchev–Trinajstić information content (AvgIpc) is 3.04. The molecule has 4 rings (SSSR count). The van der Waals surface area contributed by atoms with Crippen molar-refractivity contribution in [3.8, 4) is 0 Å². The van der Waals surface area contributed by atoms with Gasteiger partial charge in [0, 0.05) is 0 Å². The summed E-state index contributed by atoms with van der Waals surface area (Å²) in [7, 11) is 0. The maximum atomic E-state index is 4.55. The molecule has 3 aromatic rings. The van der Waals surface area contributed by atoms with Gasteiger partial charge in [-0.1, -0.05) is 17.8 Å². The number of hydrogen-bond acceptors (Lipinski definition) is 6. The van der Waals surface area contributed by atoms with Gasteiger partial charge in [0.15, 0.2) is 0 Å². The first-order valence-corrected chi connectivity index (χ1v) is 9.02. The van der Waals surface area contributed by atoms with Crippen LogP contribution >= 0.6 is 45.8 Å². The number of nitrogens with one attached hydrogen (secondary N) is 1. The molecule has 0 unspecified atom stereocenters. The molecule has 0 fully saturated rings. The molecular formula is C13H8N2S4. The van der Waals surface area contributed by atoms with Crippen LogP contribution in [-0.4, -0.2) is 4.98 Å². The smallest absolute Gasteiger partial charge is 0.118 e. The molecule has 0 spiro atoms. The summed E-state index contributed by atoms with van der Waals surface area (Å²) >= 11 is 7.06. The summed E-state index contributed by atoms with van der Waals surface area (Å²) in [4.78, 5) is 4.55. The molecule has 3 aromatic heterocycles. The third-order valence-electron chi connectivity index (χ3n) is 2.61. The minimum Gasteiger partial charge on any atom is -0.348 e. The number of fused-ring (bicyclic) bond motifs is 2. The molecule has 94 valence electrons. The van der Waals surface area contributed by atoms with Crippen molar-refractivity contribution in [3.05, 3.63) is 45.1 Å². The van der Waals surface area contributed by atoms with E-state index in [-0.39, 0.29) is 0 Å². The monoisotopic (exact) mass is 320 g/mol. The first kappa shape index (κ1) is 11.7. The number of hydrogen-bond donors (Lipinski definition) is 1. The van der Waals surface area contributed by atoms with Crippen molar-refractivity contribution in [1.82, 2.24) is 4.98 Å². The van der Waals surface area contributed by atoms with E-state index in [1.807, 2.05) is 0 Å². The Labute approximate surface area is 126 Å². The number of thiazole rings is 1. The lowest BCUT2D eigenvalue weighted by molar-refractivity contribution is 1.47. The zero-order valence-corrected chi connectivity index (χ0v) is 12.9. The Bertz CT molecular complexity index is 739. The second kappa shape index (κ2) is 4.79. The summed E-state index contributed by atoms with van der Waals surface area (Å²) in [5, 5.41) is 9.83. The van der Waals surface area contributed by atoms with E-state index in [0.29, 0.717) is 0 Å². The molecule has 1 N–H and O–H groups in total. The molecule has 1 aliphatic rings. The van der Waals surface area contributed by atoms with Crippen LogP contribution in [0.4, 0.5) is 5.69 Å². The maximum Gasteiger partial charge on any atom is 0.118 e. The highest BCUT2D eigenvalue weighted by molar-refractivity contribution is 8.05. The highest BCUT2D eigenvalue weighted by Crippen LogP contribution is 2.44. The van der Waals surface area contributed by atoms with Gasteiger partial charge >= 0.3 is 0 Å². The second-order valence-corrected chi connectivity index (χ2v) is 8.32. The van der Waals surface area contributed by atoms with Crippen LogP contribution in [0.25, 0.3) is 15.6 Å². The van der Waals surface area contributed by atoms with Gasteiger partial charge in [-0.2, -0.15) is 0 Å². The van der Waals surface area contributed by atoms with Crippen LogP contribution in [0.5, 0.6) is 0 Å². The van der Waals surface area contributed by atoms with Crippen LogP contribution < -0.4 is 5.32 Å². The number of aromatic nitrogens is 1. The van der Waals surface area contributed by atoms with Crippen LogP contribution in [0.2, 0.25) is 0 Å². The van der Waals surface area contributed by atoms with Crippen LogP contribution in [-0.2, 0) is 0 Å². The van der Waals surface area contributed by atoms with E-state index >= 15 is 0 Å². The van der Waals surface area contributed by atoms with E-state index < -0.39 is 0 Å². The fourth-order valence-electron chi connectivity index (χ4n) is 1.77. The first-order valence-electron chi connectivity index (χ1n) is 5.63. The lowest BCUT2D eigenvalue weighted by Gasteiger charge is -1.94. The number of thioether (sulfide) groups is 1. The number of nitrogens with zero attached hydrogens (tertiary/aromatic N) is 1. The Morgan fingerprint density at radius 1 is 1.16 bits per heavy atom. The molecule has 0 atom stereocenters. The van der Waals surface area contributed by atoms with E-state index in [0.717, 1.165) is 10.5 Å². The summed E-state index contributed by atoms with van der Waals surface area (Å²) in [6.07, 6.45) is 6.24. The second-order valence-electron chi connectivity index (χ2n) is 3.88. The molecule has 0 saturated heterocycles. The molecule has 0 aliphatic carbocycles. The number of rotatable bonds is 2. The van der Waals surface area contributed by atoms with Crippen molar-refractivity contribution < 1.29 is 0 Å². The minimum atomic E-state index is 1.07. The Morgan fingerprint density at radius 3 is 3.00 bits per heavy atom. The third kappa shape index (κ3) is 2.25. The topological polar surface area (TPSA) is 24.9 Å². The first-order chi connectivity index (χ1) is 9.38. The van der Waals surface area contributed by atoms with E-state index in [4.69, 9.17) is 0 Å². The van der Waals surface area contributed by atoms with Crippen LogP contribution in [0, 0.1) is 0 Å². The van der Waals surface area contributed by atoms with Crippen molar-refractivity contribution >= 4 is 67.1 Å². The summed E-state index contributed by atoms with van der Waals surface area (Å²) < 4.78 is 2.64. The lowest BCUT2D eigenvalue weighted by Crippen LogP contribution is -1.85. The molecule has 4 heterocycles. The number of anilines is 1. The van der Waals surface area contributed by atoms with Crippen molar-refractivity contribution in [2.45, 2.75) is 4.21 Å². The Morgan fingerprint density at radius 2 is 2.11 bits per heavy atom. The quantitative estimate of drug-likeness (QED) is 0.675. The van der Waals surface area contributed by atoms with Crippen molar-refractivity contribution in [1.29, 1.82) is 0 Å². The van der Waals surface area contributed by atoms with Gasteiger partial charge in [-0.05, 0) is 35.0 Å². The standard InChI is InChI=1S/C13H8N2S4/c1(2-10-14-8-4-6-16-12(8)18-10)3-11-15-9-5-7-17-13(9)19-11/h1-7,14H. The van der Waals surface area contributed by atoms with Crippen molar-refractivity contribution in [3.63, 3.8) is 0 Å². The SMILES string of the molecule is C(=Cc1nc2ccsc2s1)C=C1Nc2ccsc2S1. The van der Waals surface area contributed by atoms with E-state index in [1.165, 1.54) is 18.9 Å². The van der Waals surface area contributed by atoms with Gasteiger partial charge in [0.25, 0.3) is 0 Å². The Kier molecular flexibility index (Phi) is 2.96. The molecular weight excluding hydrogens is 312 g/mol. The van der Waals surface area contributed by atoms with Gasteiger partial charge in [-0.25, -0.2) is 4.98 Å². The molecule has 2 nitrogen and oxygen atoms in total. The maximum absolute atomic E-state index is 4.55. The number of thiophene rings is 2. The molecule has 1 aliphatic heterocycles. The Balaban J connectivity index is 1.51. The molecule has 0 aromatic carbocycles. The van der Waals surface area contributed by atoms with E-state index in [9.17, 15) is 0 Å². The molecule has 6 heteroatoms. The summed E-state index contributed by atoms with van der Waals surface area (Å²) in [5.41, 5.74) is 2.34. The fourth-order valence-corrected chi connectivity index (χ4v) is 5.58. The lowest BCUT2D eigenvalue weighted by atomic mass is 10.4. The normalized spacial score (nSPS) is 16.5. The third-order valence-corrected chi connectivity index (χ3v) is 6.79. The predicted octanol–water partition coefficient (Wildman–Crippen LogP) is 5.49. The van der Waals surface area contributed by atoms with Gasteiger partial charge in [-0.15, -0.1) is 34.0 Å². The van der Waals surface area contributed by atoms with Crippen LogP contribution in [0.15, 0.2) is 44.3 Å². The van der Waals surface area contributed by atoms with Gasteiger partial charge in [-0.3, -0.25) is 0 Å². The zero-order valence-electron chi connectivity index (χ0n) is 9.62.